The van der Waals surface area contributed by atoms with E-state index in [1.54, 1.807) is 0 Å². The molecular formula is C20H25N3O. The highest BCUT2D eigenvalue weighted by Crippen LogP contribution is 2.31. The van der Waals surface area contributed by atoms with Crippen LogP contribution in [-0.2, 0) is 0 Å². The fourth-order valence-electron chi connectivity index (χ4n) is 4.51. The van der Waals surface area contributed by atoms with E-state index in [2.05, 4.69) is 21.8 Å². The van der Waals surface area contributed by atoms with Crippen molar-refractivity contribution in [3.63, 3.8) is 0 Å². The minimum atomic E-state index is 0.180. The van der Waals surface area contributed by atoms with Crippen molar-refractivity contribution in [1.29, 1.82) is 0 Å². The standard InChI is InChI=1S/C20H25N3O/c1-14-13-16(15-7-3-4-8-17(15)21-14)20(24)23-12-6-10-19(23)18-9-5-11-22(18)2/h3-4,7-8,13,18-19H,5-6,9-12H2,1-2H3/t18-,19-/m1/s1. The molecule has 0 unspecified atom stereocenters. The maximum Gasteiger partial charge on any atom is 0.254 e. The summed E-state index contributed by atoms with van der Waals surface area (Å²) < 4.78 is 0. The molecule has 4 rings (SSSR count). The predicted octanol–water partition coefficient (Wildman–Crippen LogP) is 3.24. The first kappa shape index (κ1) is 15.6. The van der Waals surface area contributed by atoms with Gasteiger partial charge in [-0.25, -0.2) is 0 Å². The van der Waals surface area contributed by atoms with Crippen molar-refractivity contribution in [2.45, 2.75) is 44.7 Å². The van der Waals surface area contributed by atoms with E-state index in [1.807, 2.05) is 37.3 Å². The average molecular weight is 323 g/mol. The third kappa shape index (κ3) is 2.59. The molecular weight excluding hydrogens is 298 g/mol. The van der Waals surface area contributed by atoms with Crippen LogP contribution in [0.2, 0.25) is 0 Å². The highest BCUT2D eigenvalue weighted by Gasteiger charge is 2.38. The Kier molecular flexibility index (Phi) is 4.01. The number of carbonyl (C=O) groups is 1. The molecule has 24 heavy (non-hydrogen) atoms. The summed E-state index contributed by atoms with van der Waals surface area (Å²) >= 11 is 0. The molecule has 2 aliphatic rings. The Labute approximate surface area is 143 Å². The zero-order valence-corrected chi connectivity index (χ0v) is 14.5. The molecule has 4 heteroatoms. The summed E-state index contributed by atoms with van der Waals surface area (Å²) in [5, 5.41) is 0.971. The number of pyridine rings is 1. The molecule has 0 N–H and O–H groups in total. The van der Waals surface area contributed by atoms with Gasteiger partial charge >= 0.3 is 0 Å². The Morgan fingerprint density at radius 1 is 1.12 bits per heavy atom. The number of benzene rings is 1. The van der Waals surface area contributed by atoms with E-state index in [-0.39, 0.29) is 5.91 Å². The van der Waals surface area contributed by atoms with Gasteiger partial charge in [0.2, 0.25) is 0 Å². The number of hydrogen-bond donors (Lipinski definition) is 0. The van der Waals surface area contributed by atoms with Gasteiger partial charge in [-0.05, 0) is 58.3 Å². The molecule has 1 aromatic carbocycles. The van der Waals surface area contributed by atoms with Crippen LogP contribution in [-0.4, -0.2) is 52.9 Å². The Bertz CT molecular complexity index is 773. The van der Waals surface area contributed by atoms with Crippen molar-refractivity contribution in [3.8, 4) is 0 Å². The molecule has 1 aromatic heterocycles. The lowest BCUT2D eigenvalue weighted by Crippen LogP contribution is -2.47. The maximum absolute atomic E-state index is 13.4. The lowest BCUT2D eigenvalue weighted by molar-refractivity contribution is 0.0666. The molecule has 2 saturated heterocycles. The molecule has 1 amide bonds. The second-order valence-corrected chi connectivity index (χ2v) is 7.23. The third-order valence-corrected chi connectivity index (χ3v) is 5.66. The van der Waals surface area contributed by atoms with E-state index in [1.165, 1.54) is 12.8 Å². The minimum Gasteiger partial charge on any atom is -0.334 e. The van der Waals surface area contributed by atoms with Crippen LogP contribution in [0.1, 0.15) is 41.7 Å². The van der Waals surface area contributed by atoms with E-state index in [9.17, 15) is 4.79 Å². The van der Waals surface area contributed by atoms with Gasteiger partial charge in [-0.15, -0.1) is 0 Å². The van der Waals surface area contributed by atoms with Crippen molar-refractivity contribution in [2.75, 3.05) is 20.1 Å². The summed E-state index contributed by atoms with van der Waals surface area (Å²) in [7, 11) is 2.20. The smallest absolute Gasteiger partial charge is 0.254 e. The van der Waals surface area contributed by atoms with Crippen LogP contribution in [0, 0.1) is 6.92 Å². The molecule has 0 bridgehead atoms. The second-order valence-electron chi connectivity index (χ2n) is 7.23. The summed E-state index contributed by atoms with van der Waals surface area (Å²) in [5.41, 5.74) is 2.63. The first-order chi connectivity index (χ1) is 11.6. The molecule has 2 fully saturated rings. The summed E-state index contributed by atoms with van der Waals surface area (Å²) in [6, 6.07) is 10.8. The van der Waals surface area contributed by atoms with Gasteiger partial charge in [0.05, 0.1) is 11.1 Å². The number of rotatable bonds is 2. The van der Waals surface area contributed by atoms with Crippen molar-refractivity contribution in [3.05, 3.63) is 41.6 Å². The van der Waals surface area contributed by atoms with E-state index in [0.717, 1.165) is 48.1 Å². The molecule has 0 saturated carbocycles. The summed E-state index contributed by atoms with van der Waals surface area (Å²) in [6.45, 7) is 4.00. The van der Waals surface area contributed by atoms with Crippen LogP contribution in [0.5, 0.6) is 0 Å². The van der Waals surface area contributed by atoms with Crippen LogP contribution in [0.25, 0.3) is 10.9 Å². The van der Waals surface area contributed by atoms with E-state index in [4.69, 9.17) is 0 Å². The van der Waals surface area contributed by atoms with Gasteiger partial charge < -0.3 is 9.80 Å². The summed E-state index contributed by atoms with van der Waals surface area (Å²) in [4.78, 5) is 22.5. The SMILES string of the molecule is Cc1cc(C(=O)N2CCC[C@@H]2[C@H]2CCCN2C)c2ccccc2n1. The van der Waals surface area contributed by atoms with Crippen molar-refractivity contribution < 1.29 is 4.79 Å². The Morgan fingerprint density at radius 3 is 2.67 bits per heavy atom. The highest BCUT2D eigenvalue weighted by atomic mass is 16.2. The number of hydrogen-bond acceptors (Lipinski definition) is 3. The lowest BCUT2D eigenvalue weighted by atomic mass is 10.0. The molecule has 2 aromatic rings. The Hall–Kier alpha value is -1.94. The van der Waals surface area contributed by atoms with Crippen LogP contribution in [0.3, 0.4) is 0 Å². The monoisotopic (exact) mass is 323 g/mol. The fourth-order valence-corrected chi connectivity index (χ4v) is 4.51. The van der Waals surface area contributed by atoms with Gasteiger partial charge in [0.25, 0.3) is 5.91 Å². The van der Waals surface area contributed by atoms with Crippen LogP contribution >= 0.6 is 0 Å². The number of fused-ring (bicyclic) bond motifs is 1. The maximum atomic E-state index is 13.4. The number of carbonyl (C=O) groups excluding carboxylic acids is 1. The van der Waals surface area contributed by atoms with Gasteiger partial charge in [-0.3, -0.25) is 9.78 Å². The molecule has 2 aliphatic heterocycles. The fraction of sp³-hybridized carbons (Fsp3) is 0.500. The zero-order chi connectivity index (χ0) is 16.7. The molecule has 126 valence electrons. The first-order valence-corrected chi connectivity index (χ1v) is 9.03. The minimum absolute atomic E-state index is 0.180. The van der Waals surface area contributed by atoms with Gasteiger partial charge in [-0.1, -0.05) is 18.2 Å². The lowest BCUT2D eigenvalue weighted by Gasteiger charge is -2.33. The average Bonchev–Trinajstić information content (AvgIpc) is 3.21. The topological polar surface area (TPSA) is 36.4 Å². The van der Waals surface area contributed by atoms with E-state index >= 15 is 0 Å². The highest BCUT2D eigenvalue weighted by molar-refractivity contribution is 6.06. The first-order valence-electron chi connectivity index (χ1n) is 9.03. The molecule has 0 aliphatic carbocycles. The van der Waals surface area contributed by atoms with Crippen LogP contribution in [0.15, 0.2) is 30.3 Å². The molecule has 0 radical (unpaired) electrons. The second kappa shape index (κ2) is 6.17. The normalized spacial score (nSPS) is 24.8. The largest absolute Gasteiger partial charge is 0.334 e. The molecule has 4 nitrogen and oxygen atoms in total. The Balaban J connectivity index is 1.70. The zero-order valence-electron chi connectivity index (χ0n) is 14.5. The van der Waals surface area contributed by atoms with Gasteiger partial charge in [0.15, 0.2) is 0 Å². The number of likely N-dealkylation sites (N-methyl/N-ethyl adjacent to an activating group) is 1. The van der Waals surface area contributed by atoms with Crippen LogP contribution in [0.4, 0.5) is 0 Å². The van der Waals surface area contributed by atoms with Crippen molar-refractivity contribution in [2.24, 2.45) is 0 Å². The number of aromatic nitrogens is 1. The molecule has 3 heterocycles. The van der Waals surface area contributed by atoms with Gasteiger partial charge in [0.1, 0.15) is 0 Å². The number of para-hydroxylation sites is 1. The summed E-state index contributed by atoms with van der Waals surface area (Å²) in [5.74, 6) is 0.180. The van der Waals surface area contributed by atoms with E-state index in [0.29, 0.717) is 12.1 Å². The number of amides is 1. The number of aryl methyl sites for hydroxylation is 1. The van der Waals surface area contributed by atoms with Crippen molar-refractivity contribution in [1.82, 2.24) is 14.8 Å². The van der Waals surface area contributed by atoms with Crippen molar-refractivity contribution >= 4 is 16.8 Å². The number of nitrogens with zero attached hydrogens (tertiary/aromatic N) is 3. The molecule has 0 spiro atoms. The quantitative estimate of drug-likeness (QED) is 0.851. The van der Waals surface area contributed by atoms with E-state index < -0.39 is 0 Å². The summed E-state index contributed by atoms with van der Waals surface area (Å²) in [6.07, 6.45) is 4.70. The molecule has 2 atom stereocenters. The van der Waals surface area contributed by atoms with Gasteiger partial charge in [0, 0.05) is 29.7 Å². The number of likely N-dealkylation sites (tertiary alicyclic amines) is 2. The van der Waals surface area contributed by atoms with Crippen LogP contribution < -0.4 is 0 Å². The Morgan fingerprint density at radius 2 is 1.88 bits per heavy atom. The predicted molar refractivity (Wildman–Crippen MR) is 96.2 cm³/mol. The van der Waals surface area contributed by atoms with Gasteiger partial charge in [-0.2, -0.15) is 0 Å². The third-order valence-electron chi connectivity index (χ3n) is 5.66.